The van der Waals surface area contributed by atoms with Crippen LogP contribution in [0.2, 0.25) is 0 Å². The molecule has 0 aromatic rings. The number of nitrogens with two attached hydrogens (primary N) is 1. The molecule has 6 aliphatic rings. The third kappa shape index (κ3) is 7.20. The second-order valence-electron chi connectivity index (χ2n) is 20.3. The monoisotopic (exact) mass is 724 g/mol. The number of Topliss-reactive ketones (excluding diaryl/α,β-unsaturated/α-hetero) is 3. The fraction of sp³-hybridized carbons (Fsp3) is 0.884. The maximum absolute atomic E-state index is 15.1. The molecule has 292 valence electrons. The van der Waals surface area contributed by atoms with Gasteiger partial charge in [-0.1, -0.05) is 79.6 Å². The van der Waals surface area contributed by atoms with Crippen LogP contribution in [0.4, 0.5) is 0 Å². The molecule has 2 saturated heterocycles. The van der Waals surface area contributed by atoms with Crippen LogP contribution >= 0.6 is 0 Å². The van der Waals surface area contributed by atoms with Crippen LogP contribution in [0.25, 0.3) is 0 Å². The van der Waals surface area contributed by atoms with Crippen molar-refractivity contribution in [3.8, 4) is 0 Å². The molecule has 1 unspecified atom stereocenters. The van der Waals surface area contributed by atoms with Crippen molar-refractivity contribution >= 4 is 29.2 Å². The molecule has 2 N–H and O–H groups in total. The molecule has 4 saturated carbocycles. The Morgan fingerprint density at radius 3 is 1.98 bits per heavy atom. The Morgan fingerprint density at radius 2 is 1.48 bits per heavy atom. The number of likely N-dealkylation sites (tertiary alicyclic amines) is 1. The van der Waals surface area contributed by atoms with E-state index in [1.807, 2.05) is 25.7 Å². The van der Waals surface area contributed by atoms with Gasteiger partial charge >= 0.3 is 0 Å². The molecular weight excluding hydrogens is 654 g/mol. The maximum atomic E-state index is 15.1. The molecule has 2 spiro atoms. The number of hydrogen-bond acceptors (Lipinski definition) is 7. The Bertz CT molecular complexity index is 1390. The Kier molecular flexibility index (Phi) is 11.0. The highest BCUT2D eigenvalue weighted by Gasteiger charge is 2.85. The van der Waals surface area contributed by atoms with Gasteiger partial charge in [-0.25, -0.2) is 0 Å². The van der Waals surface area contributed by atoms with Gasteiger partial charge in [0.05, 0.1) is 18.2 Å². The van der Waals surface area contributed by atoms with Gasteiger partial charge in [-0.2, -0.15) is 0 Å². The van der Waals surface area contributed by atoms with Crippen LogP contribution < -0.4 is 5.73 Å². The summed E-state index contributed by atoms with van der Waals surface area (Å²) in [5.41, 5.74) is 4.87. The zero-order valence-corrected chi connectivity index (χ0v) is 33.5. The number of rotatable bonds is 14. The lowest BCUT2D eigenvalue weighted by molar-refractivity contribution is -0.147. The van der Waals surface area contributed by atoms with E-state index in [-0.39, 0.29) is 64.2 Å². The Balaban J connectivity index is 1.23. The fourth-order valence-corrected chi connectivity index (χ4v) is 12.4. The molecule has 0 aromatic heterocycles. The van der Waals surface area contributed by atoms with Crippen LogP contribution in [-0.2, 0) is 28.7 Å². The first-order chi connectivity index (χ1) is 24.3. The largest absolute Gasteiger partial charge is 0.373 e. The minimum absolute atomic E-state index is 0.00488. The van der Waals surface area contributed by atoms with E-state index in [9.17, 15) is 19.2 Å². The van der Waals surface area contributed by atoms with E-state index in [0.29, 0.717) is 31.7 Å². The third-order valence-electron chi connectivity index (χ3n) is 15.7. The number of carbonyl (C=O) groups excluding carboxylic acids is 5. The Labute approximate surface area is 313 Å². The zero-order valence-electron chi connectivity index (χ0n) is 33.5. The molecule has 0 radical (unpaired) electrons. The third-order valence-corrected chi connectivity index (χ3v) is 15.7. The van der Waals surface area contributed by atoms with Gasteiger partial charge in [-0.15, -0.1) is 0 Å². The number of ether oxygens (including phenoxy) is 1. The number of morpholine rings is 1. The Hall–Kier alpha value is -2.13. The van der Waals surface area contributed by atoms with E-state index in [2.05, 4.69) is 32.6 Å². The summed E-state index contributed by atoms with van der Waals surface area (Å²) in [5, 5.41) is 0. The van der Waals surface area contributed by atoms with Crippen molar-refractivity contribution in [2.24, 2.45) is 50.6 Å². The zero-order chi connectivity index (χ0) is 37.9. The standard InChI is InChI=1S/C43H69N3O6/c1-28-24-45(25-29(2)52-28)26-41(15-9-8-10-16-41)22-32(47)21-33(39(3,4)5)38(51)46-27-43(40(6,7)42(43)17-12-18-42)23-34(46)35(48)20-31(36(49)37(44)50)19-30-13-11-14-30/h28-31,33-34H,8-27H2,1-7H3,(H2,44,50)/t28-,29-,31?,33+,34-,43+/m0/s1. The number of amides is 2. The topological polar surface area (TPSA) is 127 Å². The van der Waals surface area contributed by atoms with Crippen molar-refractivity contribution in [3.05, 3.63) is 0 Å². The molecule has 0 aromatic carbocycles. The van der Waals surface area contributed by atoms with Gasteiger partial charge in [0.1, 0.15) is 5.78 Å². The second-order valence-corrected chi connectivity index (χ2v) is 20.3. The van der Waals surface area contributed by atoms with Crippen molar-refractivity contribution in [2.75, 3.05) is 26.2 Å². The molecular formula is C43H69N3O6. The average Bonchev–Trinajstić information content (AvgIpc) is 3.22. The minimum atomic E-state index is -0.982. The summed E-state index contributed by atoms with van der Waals surface area (Å²) >= 11 is 0. The summed E-state index contributed by atoms with van der Waals surface area (Å²) in [6.45, 7) is 18.2. The molecule has 6 atom stereocenters. The van der Waals surface area contributed by atoms with Crippen LogP contribution in [0.15, 0.2) is 0 Å². The van der Waals surface area contributed by atoms with Gasteiger partial charge in [0.2, 0.25) is 11.7 Å². The van der Waals surface area contributed by atoms with E-state index >= 15 is 4.79 Å². The van der Waals surface area contributed by atoms with Crippen LogP contribution in [0.3, 0.4) is 0 Å². The summed E-state index contributed by atoms with van der Waals surface area (Å²) in [4.78, 5) is 73.4. The van der Waals surface area contributed by atoms with Crippen molar-refractivity contribution in [1.82, 2.24) is 9.80 Å². The first kappa shape index (κ1) is 39.6. The summed E-state index contributed by atoms with van der Waals surface area (Å²) in [7, 11) is 0. The molecule has 0 bridgehead atoms. The van der Waals surface area contributed by atoms with Crippen molar-refractivity contribution in [2.45, 2.75) is 169 Å². The first-order valence-electron chi connectivity index (χ1n) is 20.9. The predicted molar refractivity (Wildman–Crippen MR) is 201 cm³/mol. The molecule has 2 heterocycles. The van der Waals surface area contributed by atoms with Gasteiger partial charge in [0.25, 0.3) is 5.91 Å². The normalized spacial score (nSPS) is 32.1. The van der Waals surface area contributed by atoms with Crippen molar-refractivity contribution in [3.63, 3.8) is 0 Å². The number of ketones is 3. The number of fused-ring (bicyclic) bond motifs is 1. The van der Waals surface area contributed by atoms with E-state index in [1.165, 1.54) is 6.42 Å². The molecule has 6 fully saturated rings. The molecule has 52 heavy (non-hydrogen) atoms. The minimum Gasteiger partial charge on any atom is -0.373 e. The van der Waals surface area contributed by atoms with Gasteiger partial charge < -0.3 is 15.4 Å². The van der Waals surface area contributed by atoms with E-state index in [4.69, 9.17) is 10.5 Å². The van der Waals surface area contributed by atoms with Crippen LogP contribution in [0.5, 0.6) is 0 Å². The molecule has 2 aliphatic heterocycles. The van der Waals surface area contributed by atoms with Gasteiger partial charge in [0.15, 0.2) is 5.78 Å². The molecule has 2 amide bonds. The van der Waals surface area contributed by atoms with Gasteiger partial charge in [0, 0.05) is 62.7 Å². The van der Waals surface area contributed by atoms with Crippen LogP contribution in [0, 0.1) is 44.8 Å². The summed E-state index contributed by atoms with van der Waals surface area (Å²) < 4.78 is 6.02. The quantitative estimate of drug-likeness (QED) is 0.198. The average molecular weight is 724 g/mol. The maximum Gasteiger partial charge on any atom is 0.285 e. The van der Waals surface area contributed by atoms with Crippen molar-refractivity contribution in [1.29, 1.82) is 0 Å². The highest BCUT2D eigenvalue weighted by molar-refractivity contribution is 6.36. The first-order valence-corrected chi connectivity index (χ1v) is 20.9. The van der Waals surface area contributed by atoms with Crippen molar-refractivity contribution < 1.29 is 28.7 Å². The van der Waals surface area contributed by atoms with E-state index < -0.39 is 35.0 Å². The number of hydrogen-bond donors (Lipinski definition) is 1. The van der Waals surface area contributed by atoms with Gasteiger partial charge in [-0.3, -0.25) is 28.9 Å². The smallest absolute Gasteiger partial charge is 0.285 e. The SMILES string of the molecule is C[C@H]1CN(CC2(CC(=O)C[C@H](C(=O)N3C[C@]4(C[C@H]3C(=O)CC(CC3CCC3)C(=O)C(N)=O)C(C)(C)C43CCC3)C(C)(C)C)CCCCC2)C[C@H](C)O1. The highest BCUT2D eigenvalue weighted by atomic mass is 16.5. The lowest BCUT2D eigenvalue weighted by atomic mass is 9.68. The number of nitrogens with zero attached hydrogens (tertiary/aromatic N) is 2. The lowest BCUT2D eigenvalue weighted by Gasteiger charge is -2.44. The summed E-state index contributed by atoms with van der Waals surface area (Å²) in [6, 6.07) is -0.661. The number of carbonyl (C=O) groups is 5. The van der Waals surface area contributed by atoms with E-state index in [0.717, 1.165) is 83.8 Å². The molecule has 4 aliphatic carbocycles. The Morgan fingerprint density at radius 1 is 0.846 bits per heavy atom. The summed E-state index contributed by atoms with van der Waals surface area (Å²) in [5.74, 6) is -2.70. The molecule has 9 nitrogen and oxygen atoms in total. The molecule has 9 heteroatoms. The van der Waals surface area contributed by atoms with Crippen LogP contribution in [-0.4, -0.2) is 83.4 Å². The van der Waals surface area contributed by atoms with Gasteiger partial charge in [-0.05, 0) is 80.0 Å². The molecule has 6 rings (SSSR count). The predicted octanol–water partition coefficient (Wildman–Crippen LogP) is 6.68. The lowest BCUT2D eigenvalue weighted by Crippen LogP contribution is -2.51. The second kappa shape index (κ2) is 14.5. The highest BCUT2D eigenvalue weighted by Crippen LogP contribution is 2.88. The fourth-order valence-electron chi connectivity index (χ4n) is 12.4. The summed E-state index contributed by atoms with van der Waals surface area (Å²) in [6.07, 6.45) is 14.0. The van der Waals surface area contributed by atoms with E-state index in [1.54, 1.807) is 0 Å². The van der Waals surface area contributed by atoms with Crippen LogP contribution in [0.1, 0.15) is 151 Å². The number of primary amides is 1.